The number of piperidine rings is 3. The van der Waals surface area contributed by atoms with Crippen molar-refractivity contribution in [2.24, 2.45) is 11.8 Å². The molecule has 2 bridgehead atoms. The standard InChI is InChI=1S/C23H29NO/c1-2-18-8-10-21(11-9-18)23(17-25,20-6-4-3-5-7-20)22-16-24-14-12-19(22)13-15-24/h3-11,19,22,25H,2,12-17H2,1H3. The molecule has 3 heterocycles. The SMILES string of the molecule is CCc1ccc(C(CO)(c2ccccc2)C2CN3CCC2CC3)cc1. The molecule has 3 aliphatic rings. The van der Waals surface area contributed by atoms with Gasteiger partial charge in [0.1, 0.15) is 0 Å². The fourth-order valence-electron chi connectivity index (χ4n) is 5.19. The van der Waals surface area contributed by atoms with Crippen molar-refractivity contribution in [1.29, 1.82) is 0 Å². The van der Waals surface area contributed by atoms with Crippen LogP contribution in [-0.4, -0.2) is 36.2 Å². The molecule has 2 atom stereocenters. The van der Waals surface area contributed by atoms with Crippen LogP contribution in [0.5, 0.6) is 0 Å². The largest absolute Gasteiger partial charge is 0.395 e. The van der Waals surface area contributed by atoms with Gasteiger partial charge in [-0.2, -0.15) is 0 Å². The first-order valence-electron chi connectivity index (χ1n) is 9.76. The summed E-state index contributed by atoms with van der Waals surface area (Å²) < 4.78 is 0. The Hall–Kier alpha value is -1.64. The summed E-state index contributed by atoms with van der Waals surface area (Å²) in [5.74, 6) is 1.19. The molecule has 2 nitrogen and oxygen atoms in total. The minimum atomic E-state index is -0.294. The van der Waals surface area contributed by atoms with Gasteiger partial charge in [0.25, 0.3) is 0 Å². The summed E-state index contributed by atoms with van der Waals surface area (Å²) in [6.45, 7) is 5.94. The molecule has 2 aromatic carbocycles. The predicted octanol–water partition coefficient (Wildman–Crippen LogP) is 3.87. The van der Waals surface area contributed by atoms with E-state index in [1.165, 1.54) is 42.6 Å². The maximum atomic E-state index is 10.8. The highest BCUT2D eigenvalue weighted by Crippen LogP contribution is 2.48. The van der Waals surface area contributed by atoms with Crippen LogP contribution < -0.4 is 0 Å². The molecular weight excluding hydrogens is 306 g/mol. The van der Waals surface area contributed by atoms with Crippen molar-refractivity contribution in [2.45, 2.75) is 31.6 Å². The summed E-state index contributed by atoms with van der Waals surface area (Å²) in [4.78, 5) is 2.60. The van der Waals surface area contributed by atoms with Gasteiger partial charge in [0.2, 0.25) is 0 Å². The molecular formula is C23H29NO. The number of hydrogen-bond acceptors (Lipinski definition) is 2. The Bertz CT molecular complexity index is 688. The van der Waals surface area contributed by atoms with Crippen molar-refractivity contribution in [3.8, 4) is 0 Å². The molecule has 1 N–H and O–H groups in total. The Labute approximate surface area is 151 Å². The van der Waals surface area contributed by atoms with E-state index in [1.807, 2.05) is 0 Å². The molecule has 0 saturated carbocycles. The Morgan fingerprint density at radius 3 is 2.12 bits per heavy atom. The van der Waals surface area contributed by atoms with Gasteiger partial charge in [-0.05, 0) is 60.9 Å². The summed E-state index contributed by atoms with van der Waals surface area (Å²) in [6, 6.07) is 19.7. The van der Waals surface area contributed by atoms with Crippen molar-refractivity contribution < 1.29 is 5.11 Å². The molecule has 0 radical (unpaired) electrons. The quantitative estimate of drug-likeness (QED) is 0.896. The minimum absolute atomic E-state index is 0.178. The van der Waals surface area contributed by atoms with E-state index in [-0.39, 0.29) is 12.0 Å². The van der Waals surface area contributed by atoms with Crippen molar-refractivity contribution in [2.75, 3.05) is 26.2 Å². The van der Waals surface area contributed by atoms with E-state index in [0.717, 1.165) is 13.0 Å². The third kappa shape index (κ3) is 2.82. The lowest BCUT2D eigenvalue weighted by molar-refractivity contribution is -0.000854. The number of nitrogens with zero attached hydrogens (tertiary/aromatic N) is 1. The van der Waals surface area contributed by atoms with Gasteiger partial charge in [0, 0.05) is 12.0 Å². The molecule has 25 heavy (non-hydrogen) atoms. The van der Waals surface area contributed by atoms with E-state index in [0.29, 0.717) is 11.8 Å². The van der Waals surface area contributed by atoms with Gasteiger partial charge in [-0.15, -0.1) is 0 Å². The Morgan fingerprint density at radius 2 is 1.60 bits per heavy atom. The number of aryl methyl sites for hydroxylation is 1. The average molecular weight is 335 g/mol. The molecule has 5 rings (SSSR count). The van der Waals surface area contributed by atoms with Crippen LogP contribution >= 0.6 is 0 Å². The number of rotatable bonds is 5. The lowest BCUT2D eigenvalue weighted by atomic mass is 9.58. The van der Waals surface area contributed by atoms with E-state index in [9.17, 15) is 5.11 Å². The molecule has 0 aliphatic carbocycles. The highest BCUT2D eigenvalue weighted by molar-refractivity contribution is 5.42. The van der Waals surface area contributed by atoms with E-state index >= 15 is 0 Å². The molecule has 2 unspecified atom stereocenters. The topological polar surface area (TPSA) is 23.5 Å². The molecule has 3 fully saturated rings. The van der Waals surface area contributed by atoms with Gasteiger partial charge >= 0.3 is 0 Å². The summed E-state index contributed by atoms with van der Waals surface area (Å²) in [5, 5.41) is 10.8. The van der Waals surface area contributed by atoms with Crippen LogP contribution in [0.3, 0.4) is 0 Å². The maximum Gasteiger partial charge on any atom is 0.0572 e. The van der Waals surface area contributed by atoms with E-state index in [4.69, 9.17) is 0 Å². The minimum Gasteiger partial charge on any atom is -0.395 e. The molecule has 2 heteroatoms. The van der Waals surface area contributed by atoms with Crippen LogP contribution in [0.4, 0.5) is 0 Å². The van der Waals surface area contributed by atoms with Crippen molar-refractivity contribution in [3.05, 3.63) is 71.3 Å². The van der Waals surface area contributed by atoms with Crippen LogP contribution in [-0.2, 0) is 11.8 Å². The van der Waals surface area contributed by atoms with E-state index in [1.54, 1.807) is 0 Å². The Balaban J connectivity index is 1.84. The maximum absolute atomic E-state index is 10.8. The molecule has 2 aromatic rings. The first-order valence-corrected chi connectivity index (χ1v) is 9.76. The predicted molar refractivity (Wildman–Crippen MR) is 103 cm³/mol. The zero-order valence-corrected chi connectivity index (χ0v) is 15.2. The zero-order valence-electron chi connectivity index (χ0n) is 15.2. The first-order chi connectivity index (χ1) is 12.3. The second-order valence-electron chi connectivity index (χ2n) is 7.79. The third-order valence-corrected chi connectivity index (χ3v) is 6.70. The van der Waals surface area contributed by atoms with Crippen molar-refractivity contribution in [1.82, 2.24) is 4.90 Å². The number of benzene rings is 2. The summed E-state index contributed by atoms with van der Waals surface area (Å²) in [6.07, 6.45) is 3.59. The second-order valence-corrected chi connectivity index (χ2v) is 7.79. The van der Waals surface area contributed by atoms with Gasteiger partial charge in [-0.3, -0.25) is 0 Å². The highest BCUT2D eigenvalue weighted by Gasteiger charge is 2.49. The van der Waals surface area contributed by atoms with Crippen LogP contribution in [0, 0.1) is 11.8 Å². The van der Waals surface area contributed by atoms with Crippen molar-refractivity contribution >= 4 is 0 Å². The Kier molecular flexibility index (Phi) is 4.66. The summed E-state index contributed by atoms with van der Waals surface area (Å²) >= 11 is 0. The summed E-state index contributed by atoms with van der Waals surface area (Å²) in [5.41, 5.74) is 3.60. The number of hydrogen-bond donors (Lipinski definition) is 1. The fourth-order valence-corrected chi connectivity index (χ4v) is 5.19. The monoisotopic (exact) mass is 335 g/mol. The number of aliphatic hydroxyl groups is 1. The molecule has 3 aliphatic heterocycles. The van der Waals surface area contributed by atoms with E-state index in [2.05, 4.69) is 66.4 Å². The first kappa shape index (κ1) is 16.8. The molecule has 0 spiro atoms. The van der Waals surface area contributed by atoms with Gasteiger partial charge < -0.3 is 10.0 Å². The normalized spacial score (nSPS) is 27.8. The van der Waals surface area contributed by atoms with Crippen LogP contribution in [0.25, 0.3) is 0 Å². The van der Waals surface area contributed by atoms with Gasteiger partial charge in [0.05, 0.1) is 6.61 Å². The fraction of sp³-hybridized carbons (Fsp3) is 0.478. The molecule has 132 valence electrons. The van der Waals surface area contributed by atoms with Crippen LogP contribution in [0.1, 0.15) is 36.5 Å². The number of aliphatic hydroxyl groups excluding tert-OH is 1. The average Bonchev–Trinajstić information content (AvgIpc) is 2.71. The zero-order chi connectivity index (χ0) is 17.3. The lowest BCUT2D eigenvalue weighted by Crippen LogP contribution is -2.56. The lowest BCUT2D eigenvalue weighted by Gasteiger charge is -2.53. The third-order valence-electron chi connectivity index (χ3n) is 6.70. The summed E-state index contributed by atoms with van der Waals surface area (Å²) in [7, 11) is 0. The smallest absolute Gasteiger partial charge is 0.0572 e. The highest BCUT2D eigenvalue weighted by atomic mass is 16.3. The van der Waals surface area contributed by atoms with Gasteiger partial charge in [-0.25, -0.2) is 0 Å². The van der Waals surface area contributed by atoms with E-state index < -0.39 is 0 Å². The number of fused-ring (bicyclic) bond motifs is 3. The molecule has 0 amide bonds. The van der Waals surface area contributed by atoms with Crippen LogP contribution in [0.15, 0.2) is 54.6 Å². The van der Waals surface area contributed by atoms with Gasteiger partial charge in [0.15, 0.2) is 0 Å². The second kappa shape index (κ2) is 6.93. The van der Waals surface area contributed by atoms with Gasteiger partial charge in [-0.1, -0.05) is 61.5 Å². The Morgan fingerprint density at radius 1 is 0.960 bits per heavy atom. The van der Waals surface area contributed by atoms with Crippen molar-refractivity contribution in [3.63, 3.8) is 0 Å². The molecule has 0 aromatic heterocycles. The van der Waals surface area contributed by atoms with Crippen LogP contribution in [0.2, 0.25) is 0 Å². The molecule has 3 saturated heterocycles.